The number of nitrogens with zero attached hydrogens (tertiary/aromatic N) is 2. The predicted octanol–water partition coefficient (Wildman–Crippen LogP) is 3.09. The number of rotatable bonds is 2. The minimum atomic E-state index is -4.31. The molecule has 2 aromatic rings. The normalized spacial score (nSPS) is 13.6. The minimum absolute atomic E-state index is 0.206. The van der Waals surface area contributed by atoms with Crippen molar-refractivity contribution >= 4 is 5.82 Å². The highest BCUT2D eigenvalue weighted by Crippen LogP contribution is 2.30. The van der Waals surface area contributed by atoms with E-state index in [-0.39, 0.29) is 6.04 Å². The largest absolute Gasteiger partial charge is 0.416 e. The second kappa shape index (κ2) is 4.36. The number of alkyl halides is 3. The fourth-order valence-electron chi connectivity index (χ4n) is 1.74. The highest BCUT2D eigenvalue weighted by Gasteiger charge is 2.30. The number of halogens is 3. The molecule has 96 valence electrons. The van der Waals surface area contributed by atoms with Crippen LogP contribution >= 0.6 is 0 Å². The SMILES string of the molecule is CC(c1ccc(C(F)(F)F)cc1)n1nccc1N. The zero-order chi connectivity index (χ0) is 13.3. The Hall–Kier alpha value is -1.98. The van der Waals surface area contributed by atoms with Crippen molar-refractivity contribution in [1.82, 2.24) is 9.78 Å². The first kappa shape index (κ1) is 12.5. The third kappa shape index (κ3) is 2.32. The van der Waals surface area contributed by atoms with Gasteiger partial charge in [-0.3, -0.25) is 0 Å². The maximum atomic E-state index is 12.4. The molecule has 0 radical (unpaired) electrons. The molecule has 1 aromatic heterocycles. The van der Waals surface area contributed by atoms with Crippen LogP contribution in [0.2, 0.25) is 0 Å². The molecule has 0 fully saturated rings. The fourth-order valence-corrected chi connectivity index (χ4v) is 1.74. The molecule has 3 nitrogen and oxygen atoms in total. The molecule has 2 rings (SSSR count). The van der Waals surface area contributed by atoms with Crippen LogP contribution in [0.3, 0.4) is 0 Å². The molecule has 0 spiro atoms. The van der Waals surface area contributed by atoms with Crippen LogP contribution in [0.25, 0.3) is 0 Å². The van der Waals surface area contributed by atoms with E-state index in [2.05, 4.69) is 5.10 Å². The Labute approximate surface area is 102 Å². The highest BCUT2D eigenvalue weighted by atomic mass is 19.4. The van der Waals surface area contributed by atoms with Gasteiger partial charge in [0.25, 0.3) is 0 Å². The van der Waals surface area contributed by atoms with E-state index in [4.69, 9.17) is 5.73 Å². The summed E-state index contributed by atoms with van der Waals surface area (Å²) in [6.07, 6.45) is -2.76. The second-order valence-corrected chi connectivity index (χ2v) is 4.00. The summed E-state index contributed by atoms with van der Waals surface area (Å²) in [5, 5.41) is 4.03. The first-order valence-corrected chi connectivity index (χ1v) is 5.36. The van der Waals surface area contributed by atoms with Crippen molar-refractivity contribution in [3.63, 3.8) is 0 Å². The quantitative estimate of drug-likeness (QED) is 0.896. The molecule has 0 aliphatic carbocycles. The number of hydrogen-bond donors (Lipinski definition) is 1. The van der Waals surface area contributed by atoms with Gasteiger partial charge in [-0.05, 0) is 30.7 Å². The first-order valence-electron chi connectivity index (χ1n) is 5.36. The predicted molar refractivity (Wildman–Crippen MR) is 61.9 cm³/mol. The van der Waals surface area contributed by atoms with Gasteiger partial charge in [-0.25, -0.2) is 4.68 Å². The van der Waals surface area contributed by atoms with Gasteiger partial charge in [-0.2, -0.15) is 18.3 Å². The lowest BCUT2D eigenvalue weighted by atomic mass is 10.1. The molecule has 18 heavy (non-hydrogen) atoms. The van der Waals surface area contributed by atoms with Crippen molar-refractivity contribution in [2.24, 2.45) is 0 Å². The third-order valence-corrected chi connectivity index (χ3v) is 2.79. The van der Waals surface area contributed by atoms with E-state index < -0.39 is 11.7 Å². The summed E-state index contributed by atoms with van der Waals surface area (Å²) in [4.78, 5) is 0. The van der Waals surface area contributed by atoms with E-state index in [1.807, 2.05) is 6.92 Å². The minimum Gasteiger partial charge on any atom is -0.384 e. The number of nitrogens with two attached hydrogens (primary N) is 1. The summed E-state index contributed by atoms with van der Waals surface area (Å²) in [6.45, 7) is 1.83. The van der Waals surface area contributed by atoms with Crippen molar-refractivity contribution < 1.29 is 13.2 Å². The average Bonchev–Trinajstić information content (AvgIpc) is 2.73. The Morgan fingerprint density at radius 1 is 1.17 bits per heavy atom. The van der Waals surface area contributed by atoms with Crippen molar-refractivity contribution in [2.75, 3.05) is 5.73 Å². The Morgan fingerprint density at radius 2 is 1.78 bits per heavy atom. The van der Waals surface area contributed by atoms with E-state index in [0.717, 1.165) is 17.7 Å². The molecular weight excluding hydrogens is 243 g/mol. The van der Waals surface area contributed by atoms with Crippen LogP contribution in [0.1, 0.15) is 24.1 Å². The van der Waals surface area contributed by atoms with Crippen LogP contribution in [0, 0.1) is 0 Å². The molecule has 1 unspecified atom stereocenters. The molecule has 0 saturated carbocycles. The summed E-state index contributed by atoms with van der Waals surface area (Å²) in [5.41, 5.74) is 5.76. The molecule has 1 heterocycles. The van der Waals surface area contributed by atoms with E-state index in [1.165, 1.54) is 12.1 Å². The van der Waals surface area contributed by atoms with E-state index in [1.54, 1.807) is 16.9 Å². The van der Waals surface area contributed by atoms with Gasteiger partial charge in [0.2, 0.25) is 0 Å². The van der Waals surface area contributed by atoms with E-state index in [9.17, 15) is 13.2 Å². The number of hydrogen-bond acceptors (Lipinski definition) is 2. The third-order valence-electron chi connectivity index (χ3n) is 2.79. The summed E-state index contributed by atoms with van der Waals surface area (Å²) in [6, 6.07) is 6.43. The first-order chi connectivity index (χ1) is 8.39. The Kier molecular flexibility index (Phi) is 3.02. The van der Waals surface area contributed by atoms with Crippen LogP contribution in [0.4, 0.5) is 19.0 Å². The van der Waals surface area contributed by atoms with Gasteiger partial charge in [0, 0.05) is 0 Å². The van der Waals surface area contributed by atoms with Crippen LogP contribution in [0.15, 0.2) is 36.5 Å². The van der Waals surface area contributed by atoms with Crippen molar-refractivity contribution in [1.29, 1.82) is 0 Å². The van der Waals surface area contributed by atoms with Gasteiger partial charge >= 0.3 is 6.18 Å². The Bertz CT molecular complexity index is 528. The average molecular weight is 255 g/mol. The molecular formula is C12H12F3N3. The van der Waals surface area contributed by atoms with Gasteiger partial charge in [-0.1, -0.05) is 12.1 Å². The fraction of sp³-hybridized carbons (Fsp3) is 0.250. The molecule has 2 N–H and O–H groups in total. The zero-order valence-corrected chi connectivity index (χ0v) is 9.65. The lowest BCUT2D eigenvalue weighted by Crippen LogP contribution is -2.12. The van der Waals surface area contributed by atoms with Gasteiger partial charge in [0.15, 0.2) is 0 Å². The second-order valence-electron chi connectivity index (χ2n) is 4.00. The van der Waals surface area contributed by atoms with Gasteiger partial charge < -0.3 is 5.73 Å². The highest BCUT2D eigenvalue weighted by molar-refractivity contribution is 5.32. The molecule has 0 bridgehead atoms. The zero-order valence-electron chi connectivity index (χ0n) is 9.65. The van der Waals surface area contributed by atoms with Gasteiger partial charge in [-0.15, -0.1) is 0 Å². The maximum Gasteiger partial charge on any atom is 0.416 e. The van der Waals surface area contributed by atoms with Crippen LogP contribution < -0.4 is 5.73 Å². The molecule has 0 amide bonds. The monoisotopic (exact) mass is 255 g/mol. The summed E-state index contributed by atoms with van der Waals surface area (Å²) >= 11 is 0. The lowest BCUT2D eigenvalue weighted by Gasteiger charge is -2.15. The summed E-state index contributed by atoms with van der Waals surface area (Å²) in [7, 11) is 0. The van der Waals surface area contributed by atoms with Crippen LogP contribution in [-0.2, 0) is 6.18 Å². The molecule has 0 aliphatic heterocycles. The Morgan fingerprint density at radius 3 is 2.22 bits per heavy atom. The van der Waals surface area contributed by atoms with E-state index >= 15 is 0 Å². The summed E-state index contributed by atoms with van der Waals surface area (Å²) in [5.74, 6) is 0.474. The van der Waals surface area contributed by atoms with E-state index in [0.29, 0.717) is 5.82 Å². The van der Waals surface area contributed by atoms with Gasteiger partial charge in [0.05, 0.1) is 17.8 Å². The van der Waals surface area contributed by atoms with Crippen molar-refractivity contribution in [3.8, 4) is 0 Å². The van der Waals surface area contributed by atoms with Gasteiger partial charge in [0.1, 0.15) is 5.82 Å². The molecule has 1 aromatic carbocycles. The number of aromatic nitrogens is 2. The standard InChI is InChI=1S/C12H12F3N3/c1-8(18-11(16)6-7-17-18)9-2-4-10(5-3-9)12(13,14)15/h2-8H,16H2,1H3. The number of benzene rings is 1. The maximum absolute atomic E-state index is 12.4. The molecule has 6 heteroatoms. The van der Waals surface area contributed by atoms with Crippen molar-refractivity contribution in [2.45, 2.75) is 19.1 Å². The van der Waals surface area contributed by atoms with Crippen LogP contribution in [0.5, 0.6) is 0 Å². The smallest absolute Gasteiger partial charge is 0.384 e. The van der Waals surface area contributed by atoms with Crippen LogP contribution in [-0.4, -0.2) is 9.78 Å². The molecule has 0 saturated heterocycles. The number of anilines is 1. The lowest BCUT2D eigenvalue weighted by molar-refractivity contribution is -0.137. The Balaban J connectivity index is 2.28. The topological polar surface area (TPSA) is 43.8 Å². The number of nitrogen functional groups attached to an aromatic ring is 1. The summed E-state index contributed by atoms with van der Waals surface area (Å²) < 4.78 is 38.8. The molecule has 1 atom stereocenters. The van der Waals surface area contributed by atoms with Crippen molar-refractivity contribution in [3.05, 3.63) is 47.7 Å². The molecule has 0 aliphatic rings.